The molecule has 0 atom stereocenters. The first-order valence-electron chi connectivity index (χ1n) is 10.1. The molecule has 32 heavy (non-hydrogen) atoms. The Kier molecular flexibility index (Phi) is 9.77. The number of rotatable bonds is 11. The maximum Gasteiger partial charge on any atom is 0.267 e. The summed E-state index contributed by atoms with van der Waals surface area (Å²) < 4.78 is 28.1. The van der Waals surface area contributed by atoms with Crippen LogP contribution in [-0.2, 0) is 14.8 Å². The number of nitrogens with one attached hydrogen (secondary N) is 2. The van der Waals surface area contributed by atoms with Gasteiger partial charge in [0.25, 0.3) is 15.9 Å². The van der Waals surface area contributed by atoms with Gasteiger partial charge in [0.2, 0.25) is 0 Å². The van der Waals surface area contributed by atoms with Crippen molar-refractivity contribution < 1.29 is 18.4 Å². The quantitative estimate of drug-likeness (QED) is 0.146. The molecule has 7 nitrogen and oxygen atoms in total. The molecule has 0 saturated heterocycles. The largest absolute Gasteiger partial charge is 0.370 e. The Morgan fingerprint density at radius 2 is 1.72 bits per heavy atom. The first kappa shape index (κ1) is 25.5. The van der Waals surface area contributed by atoms with E-state index in [1.807, 2.05) is 12.1 Å². The third-order valence-corrected chi connectivity index (χ3v) is 6.09. The van der Waals surface area contributed by atoms with E-state index in [9.17, 15) is 13.2 Å². The molecule has 0 saturated carbocycles. The van der Waals surface area contributed by atoms with Crippen molar-refractivity contribution in [1.29, 1.82) is 0 Å². The molecule has 0 bridgehead atoms. The number of anilines is 2. The van der Waals surface area contributed by atoms with Crippen molar-refractivity contribution in [3.63, 3.8) is 0 Å². The molecule has 0 spiro atoms. The number of hydrogen-bond donors (Lipinski definition) is 3. The second-order valence-corrected chi connectivity index (χ2v) is 9.16. The van der Waals surface area contributed by atoms with Crippen LogP contribution in [-0.4, -0.2) is 38.5 Å². The Bertz CT molecular complexity index is 1040. The molecular weight excluding hydrogens is 450 g/mol. The van der Waals surface area contributed by atoms with Crippen molar-refractivity contribution >= 4 is 45.0 Å². The molecule has 0 unspecified atom stereocenters. The number of nitrogens with zero attached hydrogens (tertiary/aromatic N) is 1. The summed E-state index contributed by atoms with van der Waals surface area (Å²) in [7, 11) is -3.74. The van der Waals surface area contributed by atoms with Crippen LogP contribution in [0.25, 0.3) is 6.08 Å². The van der Waals surface area contributed by atoms with E-state index in [1.54, 1.807) is 37.3 Å². The van der Waals surface area contributed by atoms with E-state index in [-0.39, 0.29) is 4.90 Å². The molecule has 2 aromatic rings. The molecule has 2 aromatic carbocycles. The van der Waals surface area contributed by atoms with E-state index in [0.29, 0.717) is 11.6 Å². The van der Waals surface area contributed by atoms with Gasteiger partial charge in [0.05, 0.1) is 4.90 Å². The average molecular weight is 478 g/mol. The second kappa shape index (κ2) is 12.3. The minimum Gasteiger partial charge on any atom is -0.370 e. The summed E-state index contributed by atoms with van der Waals surface area (Å²) in [6.07, 6.45) is 5.50. The number of amides is 1. The highest BCUT2D eigenvalue weighted by Gasteiger charge is 2.14. The molecule has 0 radical (unpaired) electrons. The summed E-state index contributed by atoms with van der Waals surface area (Å²) in [5.74, 6) is -0.108. The predicted octanol–water partition coefficient (Wildman–Crippen LogP) is 4.41. The SMILES string of the molecule is CCCN(CCCl)c1ccc(NS(=O)(=O)c2ccc(/C=C(C)/C=C/C(=O)NO)cc2)cc1. The van der Waals surface area contributed by atoms with Gasteiger partial charge in [0.15, 0.2) is 0 Å². The molecule has 0 aromatic heterocycles. The number of carbonyl (C=O) groups is 1. The first-order chi connectivity index (χ1) is 15.3. The van der Waals surface area contributed by atoms with Crippen LogP contribution in [0.5, 0.6) is 0 Å². The van der Waals surface area contributed by atoms with Gasteiger partial charge in [-0.3, -0.25) is 14.7 Å². The molecule has 0 fully saturated rings. The van der Waals surface area contributed by atoms with Gasteiger partial charge in [-0.2, -0.15) is 0 Å². The fourth-order valence-electron chi connectivity index (χ4n) is 2.99. The summed E-state index contributed by atoms with van der Waals surface area (Å²) >= 11 is 5.88. The van der Waals surface area contributed by atoms with Crippen molar-refractivity contribution in [2.75, 3.05) is 28.6 Å². The van der Waals surface area contributed by atoms with E-state index in [1.165, 1.54) is 29.8 Å². The monoisotopic (exact) mass is 477 g/mol. The van der Waals surface area contributed by atoms with E-state index >= 15 is 0 Å². The topological polar surface area (TPSA) is 98.7 Å². The fourth-order valence-corrected chi connectivity index (χ4v) is 4.26. The van der Waals surface area contributed by atoms with Crippen LogP contribution < -0.4 is 15.1 Å². The zero-order valence-electron chi connectivity index (χ0n) is 18.1. The third kappa shape index (κ3) is 7.71. The van der Waals surface area contributed by atoms with Crippen LogP contribution in [0, 0.1) is 0 Å². The third-order valence-electron chi connectivity index (χ3n) is 4.53. The fraction of sp³-hybridized carbons (Fsp3) is 0.261. The maximum atomic E-state index is 12.7. The number of halogens is 1. The Morgan fingerprint density at radius 3 is 2.28 bits per heavy atom. The molecule has 0 aliphatic rings. The van der Waals surface area contributed by atoms with Crippen LogP contribution in [0.3, 0.4) is 0 Å². The zero-order chi connectivity index (χ0) is 23.6. The number of allylic oxidation sites excluding steroid dienone is 2. The summed E-state index contributed by atoms with van der Waals surface area (Å²) in [6.45, 7) is 5.48. The Balaban J connectivity index is 2.10. The number of sulfonamides is 1. The lowest BCUT2D eigenvalue weighted by Gasteiger charge is -2.23. The molecule has 172 valence electrons. The molecule has 0 aliphatic heterocycles. The molecule has 9 heteroatoms. The summed E-state index contributed by atoms with van der Waals surface area (Å²) in [6, 6.07) is 13.6. The number of benzene rings is 2. The molecule has 1 amide bonds. The van der Waals surface area contributed by atoms with Crippen molar-refractivity contribution in [2.45, 2.75) is 25.2 Å². The number of hydrogen-bond acceptors (Lipinski definition) is 5. The van der Waals surface area contributed by atoms with Crippen molar-refractivity contribution in [1.82, 2.24) is 5.48 Å². The minimum absolute atomic E-state index is 0.140. The normalized spacial score (nSPS) is 12.1. The summed E-state index contributed by atoms with van der Waals surface area (Å²) in [5, 5.41) is 8.49. The smallest absolute Gasteiger partial charge is 0.267 e. The lowest BCUT2D eigenvalue weighted by molar-refractivity contribution is -0.124. The van der Waals surface area contributed by atoms with Gasteiger partial charge in [0.1, 0.15) is 0 Å². The van der Waals surface area contributed by atoms with Crippen LogP contribution in [0.2, 0.25) is 0 Å². The zero-order valence-corrected chi connectivity index (χ0v) is 19.7. The Morgan fingerprint density at radius 1 is 1.06 bits per heavy atom. The second-order valence-electron chi connectivity index (χ2n) is 7.10. The Labute approximate surface area is 194 Å². The van der Waals surface area contributed by atoms with Crippen LogP contribution in [0.4, 0.5) is 11.4 Å². The number of carbonyl (C=O) groups excluding carboxylic acids is 1. The Hall–Kier alpha value is -2.81. The predicted molar refractivity (Wildman–Crippen MR) is 130 cm³/mol. The highest BCUT2D eigenvalue weighted by Crippen LogP contribution is 2.22. The standard InChI is InChI=1S/C23H28ClN3O4S/c1-3-15-27(16-14-24)21-9-7-20(8-10-21)26-32(30,31)22-11-5-19(6-12-22)17-18(2)4-13-23(28)25-29/h4-13,17,26,29H,3,14-16H2,1-2H3,(H,25,28)/b13-4+,18-17+. The highest BCUT2D eigenvalue weighted by atomic mass is 35.5. The molecular formula is C23H28ClN3O4S. The summed E-state index contributed by atoms with van der Waals surface area (Å²) in [4.78, 5) is 13.3. The lowest BCUT2D eigenvalue weighted by Crippen LogP contribution is -2.26. The maximum absolute atomic E-state index is 12.7. The van der Waals surface area contributed by atoms with Gasteiger partial charge >= 0.3 is 0 Å². The van der Waals surface area contributed by atoms with Crippen LogP contribution >= 0.6 is 11.6 Å². The molecule has 3 N–H and O–H groups in total. The molecule has 0 heterocycles. The van der Waals surface area contributed by atoms with Gasteiger partial charge in [-0.05, 0) is 55.3 Å². The summed E-state index contributed by atoms with van der Waals surface area (Å²) in [5.41, 5.74) is 4.51. The van der Waals surface area contributed by atoms with Gasteiger partial charge in [-0.25, -0.2) is 13.9 Å². The van der Waals surface area contributed by atoms with E-state index in [0.717, 1.165) is 36.3 Å². The van der Waals surface area contributed by atoms with Crippen molar-refractivity contribution in [2.24, 2.45) is 0 Å². The molecule has 2 rings (SSSR count). The van der Waals surface area contributed by atoms with Gasteiger partial charge in [0, 0.05) is 36.4 Å². The average Bonchev–Trinajstić information content (AvgIpc) is 2.78. The lowest BCUT2D eigenvalue weighted by atomic mass is 10.1. The highest BCUT2D eigenvalue weighted by molar-refractivity contribution is 7.92. The van der Waals surface area contributed by atoms with Crippen molar-refractivity contribution in [3.05, 3.63) is 71.8 Å². The first-order valence-corrected chi connectivity index (χ1v) is 12.1. The molecule has 0 aliphatic carbocycles. The number of hydroxylamine groups is 1. The van der Waals surface area contributed by atoms with Gasteiger partial charge < -0.3 is 4.90 Å². The number of alkyl halides is 1. The van der Waals surface area contributed by atoms with Crippen molar-refractivity contribution in [3.8, 4) is 0 Å². The minimum atomic E-state index is -3.74. The van der Waals surface area contributed by atoms with Gasteiger partial charge in [-0.1, -0.05) is 36.8 Å². The van der Waals surface area contributed by atoms with Crippen LogP contribution in [0.15, 0.2) is 71.2 Å². The van der Waals surface area contributed by atoms with E-state index < -0.39 is 15.9 Å². The van der Waals surface area contributed by atoms with E-state index in [4.69, 9.17) is 16.8 Å². The van der Waals surface area contributed by atoms with Crippen LogP contribution in [0.1, 0.15) is 25.8 Å². The van der Waals surface area contributed by atoms with Gasteiger partial charge in [-0.15, -0.1) is 11.6 Å². The van der Waals surface area contributed by atoms with E-state index in [2.05, 4.69) is 16.5 Å².